The molecule has 1 aliphatic rings. The van der Waals surface area contributed by atoms with Crippen molar-refractivity contribution in [1.29, 1.82) is 0 Å². The number of rotatable bonds is 5. The van der Waals surface area contributed by atoms with Crippen LogP contribution < -0.4 is 15.5 Å². The first-order chi connectivity index (χ1) is 14.2. The fourth-order valence-corrected chi connectivity index (χ4v) is 4.03. The van der Waals surface area contributed by atoms with Crippen molar-refractivity contribution in [1.82, 2.24) is 20.6 Å². The Bertz CT molecular complexity index is 966. The van der Waals surface area contributed by atoms with Crippen molar-refractivity contribution < 1.29 is 0 Å². The third-order valence-electron chi connectivity index (χ3n) is 5.45. The number of fused-ring (bicyclic) bond motifs is 1. The number of benzene rings is 1. The van der Waals surface area contributed by atoms with Crippen LogP contribution in [0.2, 0.25) is 5.02 Å². The van der Waals surface area contributed by atoms with Gasteiger partial charge in [0.25, 0.3) is 0 Å². The van der Waals surface area contributed by atoms with Gasteiger partial charge in [-0.25, -0.2) is 4.98 Å². The Morgan fingerprint density at radius 2 is 2.10 bits per heavy atom. The Morgan fingerprint density at radius 3 is 2.83 bits per heavy atom. The van der Waals surface area contributed by atoms with Crippen LogP contribution in [0.3, 0.4) is 0 Å². The molecule has 1 saturated heterocycles. The summed E-state index contributed by atoms with van der Waals surface area (Å²) in [6, 6.07) is 12.4. The Balaban J connectivity index is 0.00000256. The molecule has 3 heterocycles. The van der Waals surface area contributed by atoms with E-state index in [1.807, 2.05) is 43.6 Å². The van der Waals surface area contributed by atoms with Crippen molar-refractivity contribution in [2.75, 3.05) is 31.6 Å². The number of hydrogen-bond acceptors (Lipinski definition) is 3. The molecular weight excluding hydrogens is 511 g/mol. The van der Waals surface area contributed by atoms with E-state index in [0.29, 0.717) is 6.04 Å². The number of aromatic amines is 1. The molecule has 2 aromatic heterocycles. The second kappa shape index (κ2) is 10.9. The quantitative estimate of drug-likeness (QED) is 0.259. The molecule has 1 aromatic carbocycles. The number of nitrogens with one attached hydrogen (secondary N) is 3. The summed E-state index contributed by atoms with van der Waals surface area (Å²) in [4.78, 5) is 14.5. The predicted molar refractivity (Wildman–Crippen MR) is 136 cm³/mol. The average Bonchev–Trinajstić information content (AvgIpc) is 3.16. The van der Waals surface area contributed by atoms with Gasteiger partial charge in [0.15, 0.2) is 5.96 Å². The van der Waals surface area contributed by atoms with E-state index >= 15 is 0 Å². The lowest BCUT2D eigenvalue weighted by atomic mass is 10.1. The summed E-state index contributed by atoms with van der Waals surface area (Å²) in [5, 5.41) is 8.96. The highest BCUT2D eigenvalue weighted by molar-refractivity contribution is 14.0. The lowest BCUT2D eigenvalue weighted by Crippen LogP contribution is -2.49. The van der Waals surface area contributed by atoms with Crippen LogP contribution in [0.25, 0.3) is 10.9 Å². The van der Waals surface area contributed by atoms with Gasteiger partial charge in [-0.3, -0.25) is 4.99 Å². The molecule has 0 amide bonds. The number of aliphatic imine (C=N–C) groups is 1. The molecule has 0 saturated carbocycles. The van der Waals surface area contributed by atoms with Crippen LogP contribution >= 0.6 is 35.6 Å². The summed E-state index contributed by atoms with van der Waals surface area (Å²) in [6.45, 7) is 2.81. The number of guanidine groups is 1. The first-order valence-electron chi connectivity index (χ1n) is 10.1. The van der Waals surface area contributed by atoms with Crippen LogP contribution in [0.5, 0.6) is 0 Å². The number of pyridine rings is 1. The maximum absolute atomic E-state index is 6.15. The minimum atomic E-state index is 0. The highest BCUT2D eigenvalue weighted by Crippen LogP contribution is 2.22. The zero-order valence-corrected chi connectivity index (χ0v) is 20.2. The van der Waals surface area contributed by atoms with Crippen molar-refractivity contribution in [3.8, 4) is 0 Å². The van der Waals surface area contributed by atoms with E-state index in [9.17, 15) is 0 Å². The maximum Gasteiger partial charge on any atom is 0.191 e. The van der Waals surface area contributed by atoms with Gasteiger partial charge in [-0.1, -0.05) is 17.7 Å². The van der Waals surface area contributed by atoms with Gasteiger partial charge in [-0.05, 0) is 55.2 Å². The minimum absolute atomic E-state index is 0. The molecule has 1 fully saturated rings. The summed E-state index contributed by atoms with van der Waals surface area (Å²) in [5.41, 5.74) is 2.38. The largest absolute Gasteiger partial charge is 0.361 e. The van der Waals surface area contributed by atoms with Crippen LogP contribution in [-0.2, 0) is 6.42 Å². The van der Waals surface area contributed by atoms with Crippen LogP contribution in [-0.4, -0.2) is 48.7 Å². The van der Waals surface area contributed by atoms with Gasteiger partial charge in [0.2, 0.25) is 0 Å². The maximum atomic E-state index is 6.15. The average molecular weight is 539 g/mol. The van der Waals surface area contributed by atoms with Crippen LogP contribution in [0.15, 0.2) is 53.8 Å². The van der Waals surface area contributed by atoms with Crippen molar-refractivity contribution in [2.24, 2.45) is 4.99 Å². The van der Waals surface area contributed by atoms with E-state index in [4.69, 9.17) is 11.6 Å². The number of hydrogen-bond donors (Lipinski definition) is 3. The second-order valence-electron chi connectivity index (χ2n) is 7.35. The molecule has 1 aliphatic heterocycles. The normalized spacial score (nSPS) is 15.1. The minimum Gasteiger partial charge on any atom is -0.361 e. The van der Waals surface area contributed by atoms with Crippen LogP contribution in [0.4, 0.5) is 5.82 Å². The molecular formula is C22H28ClIN6. The number of halogens is 2. The highest BCUT2D eigenvalue weighted by atomic mass is 127. The third kappa shape index (κ3) is 5.57. The number of piperidine rings is 1. The van der Waals surface area contributed by atoms with Crippen LogP contribution in [0.1, 0.15) is 18.4 Å². The molecule has 3 N–H and O–H groups in total. The van der Waals surface area contributed by atoms with Gasteiger partial charge in [-0.2, -0.15) is 0 Å². The summed E-state index contributed by atoms with van der Waals surface area (Å²) in [5.74, 6) is 1.92. The Morgan fingerprint density at radius 1 is 1.27 bits per heavy atom. The molecule has 0 bridgehead atoms. The number of nitrogens with zero attached hydrogens (tertiary/aromatic N) is 3. The highest BCUT2D eigenvalue weighted by Gasteiger charge is 2.20. The lowest BCUT2D eigenvalue weighted by Gasteiger charge is -2.33. The van der Waals surface area contributed by atoms with Gasteiger partial charge < -0.3 is 20.5 Å². The summed E-state index contributed by atoms with van der Waals surface area (Å²) < 4.78 is 0. The molecule has 0 aliphatic carbocycles. The number of anilines is 1. The van der Waals surface area contributed by atoms with Gasteiger partial charge in [0.05, 0.1) is 0 Å². The van der Waals surface area contributed by atoms with E-state index < -0.39 is 0 Å². The Labute approximate surface area is 199 Å². The van der Waals surface area contributed by atoms with Crippen molar-refractivity contribution in [3.05, 3.63) is 59.4 Å². The predicted octanol–water partition coefficient (Wildman–Crippen LogP) is 4.21. The van der Waals surface area contributed by atoms with E-state index in [1.54, 1.807) is 0 Å². The molecule has 0 radical (unpaired) electrons. The third-order valence-corrected chi connectivity index (χ3v) is 5.68. The zero-order valence-electron chi connectivity index (χ0n) is 17.1. The smallest absolute Gasteiger partial charge is 0.191 e. The second-order valence-corrected chi connectivity index (χ2v) is 7.78. The number of H-pyrrole nitrogens is 1. The molecule has 4 rings (SSSR count). The van der Waals surface area contributed by atoms with Gasteiger partial charge in [-0.15, -0.1) is 24.0 Å². The van der Waals surface area contributed by atoms with Crippen LogP contribution in [0, 0.1) is 0 Å². The molecule has 0 unspecified atom stereocenters. The lowest BCUT2D eigenvalue weighted by molar-refractivity contribution is 0.459. The molecule has 30 heavy (non-hydrogen) atoms. The van der Waals surface area contributed by atoms with Gasteiger partial charge in [0.1, 0.15) is 5.82 Å². The first-order valence-corrected chi connectivity index (χ1v) is 10.5. The fraction of sp³-hybridized carbons (Fsp3) is 0.364. The molecule has 0 atom stereocenters. The fourth-order valence-electron chi connectivity index (χ4n) is 3.85. The first kappa shape index (κ1) is 22.7. The van der Waals surface area contributed by atoms with Gasteiger partial charge >= 0.3 is 0 Å². The molecule has 0 spiro atoms. The Kier molecular flexibility index (Phi) is 8.21. The molecule has 3 aromatic rings. The Hall–Kier alpha value is -2.00. The number of aromatic nitrogens is 2. The van der Waals surface area contributed by atoms with Crippen molar-refractivity contribution >= 4 is 58.3 Å². The van der Waals surface area contributed by atoms with Crippen molar-refractivity contribution in [2.45, 2.75) is 25.3 Å². The van der Waals surface area contributed by atoms with E-state index in [2.05, 4.69) is 42.8 Å². The van der Waals surface area contributed by atoms with E-state index in [0.717, 1.165) is 61.2 Å². The summed E-state index contributed by atoms with van der Waals surface area (Å²) in [6.07, 6.45) is 6.95. The van der Waals surface area contributed by atoms with E-state index in [1.165, 1.54) is 10.9 Å². The topological polar surface area (TPSA) is 68.3 Å². The monoisotopic (exact) mass is 538 g/mol. The summed E-state index contributed by atoms with van der Waals surface area (Å²) in [7, 11) is 1.82. The SMILES string of the molecule is CN=C(NCCc1c[nH]c2ccc(Cl)cc12)NC1CCN(c2ccccn2)CC1.I. The zero-order chi connectivity index (χ0) is 20.1. The summed E-state index contributed by atoms with van der Waals surface area (Å²) >= 11 is 6.15. The van der Waals surface area contributed by atoms with Crippen molar-refractivity contribution in [3.63, 3.8) is 0 Å². The standard InChI is InChI=1S/C22H27ClN6.HI/c1-24-22(26-11-7-16-15-27-20-6-5-17(23)14-19(16)20)28-18-8-12-29(13-9-18)21-4-2-3-10-25-21;/h2-6,10,14-15,18,27H,7-9,11-13H2,1H3,(H2,24,26,28);1H. The molecule has 6 nitrogen and oxygen atoms in total. The van der Waals surface area contributed by atoms with Gasteiger partial charge in [0, 0.05) is 61.0 Å². The molecule has 160 valence electrons. The molecule has 8 heteroatoms. The van der Waals surface area contributed by atoms with E-state index in [-0.39, 0.29) is 24.0 Å².